The van der Waals surface area contributed by atoms with Crippen molar-refractivity contribution in [2.75, 3.05) is 7.05 Å². The van der Waals surface area contributed by atoms with Crippen molar-refractivity contribution in [1.29, 1.82) is 0 Å². The van der Waals surface area contributed by atoms with Crippen LogP contribution in [0, 0.1) is 23.5 Å². The summed E-state index contributed by atoms with van der Waals surface area (Å²) in [6, 6.07) is 3.55. The highest BCUT2D eigenvalue weighted by Crippen LogP contribution is 2.33. The first-order chi connectivity index (χ1) is 9.58. The maximum absolute atomic E-state index is 13.1. The largest absolute Gasteiger partial charge is 0.359 e. The molecule has 0 saturated heterocycles. The van der Waals surface area contributed by atoms with Crippen molar-refractivity contribution >= 4 is 5.91 Å². The highest BCUT2D eigenvalue weighted by Gasteiger charge is 2.25. The van der Waals surface area contributed by atoms with Crippen molar-refractivity contribution in [1.82, 2.24) is 5.32 Å². The van der Waals surface area contributed by atoms with Crippen molar-refractivity contribution in [2.24, 2.45) is 11.8 Å². The summed E-state index contributed by atoms with van der Waals surface area (Å²) < 4.78 is 26.3. The smallest absolute Gasteiger partial charge is 0.222 e. The number of nitrogens with one attached hydrogen (secondary N) is 1. The molecular formula is C16H21F2NO. The number of carbonyl (C=O) groups excluding carboxylic acids is 1. The van der Waals surface area contributed by atoms with Gasteiger partial charge in [0.25, 0.3) is 0 Å². The van der Waals surface area contributed by atoms with Gasteiger partial charge in [-0.1, -0.05) is 19.3 Å². The fourth-order valence-corrected chi connectivity index (χ4v) is 2.79. The van der Waals surface area contributed by atoms with Crippen LogP contribution in [0.3, 0.4) is 0 Å². The van der Waals surface area contributed by atoms with E-state index >= 15 is 0 Å². The van der Waals surface area contributed by atoms with Crippen molar-refractivity contribution < 1.29 is 13.6 Å². The zero-order chi connectivity index (χ0) is 14.5. The third-order valence-corrected chi connectivity index (χ3v) is 4.16. The second-order valence-electron chi connectivity index (χ2n) is 5.66. The van der Waals surface area contributed by atoms with E-state index in [1.54, 1.807) is 7.05 Å². The first-order valence-corrected chi connectivity index (χ1v) is 7.25. The number of carbonyl (C=O) groups is 1. The molecule has 110 valence electrons. The third-order valence-electron chi connectivity index (χ3n) is 4.16. The number of rotatable bonds is 6. The van der Waals surface area contributed by atoms with E-state index in [1.165, 1.54) is 31.4 Å². The number of hydrogen-bond acceptors (Lipinski definition) is 1. The standard InChI is InChI=1S/C16H21F2NO/c1-19-16(20)13(7-11-3-2-4-11)6-5-12-8-14(17)10-15(18)9-12/h8-11,13H,2-7H2,1H3,(H,19,20). The lowest BCUT2D eigenvalue weighted by Crippen LogP contribution is -2.30. The Labute approximate surface area is 118 Å². The van der Waals surface area contributed by atoms with E-state index in [2.05, 4.69) is 5.32 Å². The fraction of sp³-hybridized carbons (Fsp3) is 0.562. The Morgan fingerprint density at radius 2 is 1.95 bits per heavy atom. The van der Waals surface area contributed by atoms with E-state index in [4.69, 9.17) is 0 Å². The van der Waals surface area contributed by atoms with E-state index in [-0.39, 0.29) is 11.8 Å². The number of benzene rings is 1. The predicted octanol–water partition coefficient (Wildman–Crippen LogP) is 3.45. The van der Waals surface area contributed by atoms with E-state index < -0.39 is 11.6 Å². The minimum Gasteiger partial charge on any atom is -0.359 e. The SMILES string of the molecule is CNC(=O)C(CCc1cc(F)cc(F)c1)CC1CCC1. The molecule has 1 atom stereocenters. The molecule has 0 heterocycles. The van der Waals surface area contributed by atoms with Gasteiger partial charge in [0, 0.05) is 19.0 Å². The van der Waals surface area contributed by atoms with Crippen LogP contribution in [-0.2, 0) is 11.2 Å². The van der Waals surface area contributed by atoms with Crippen molar-refractivity contribution in [3.8, 4) is 0 Å². The lowest BCUT2D eigenvalue weighted by molar-refractivity contribution is -0.125. The van der Waals surface area contributed by atoms with Gasteiger partial charge in [0.2, 0.25) is 5.91 Å². The monoisotopic (exact) mass is 281 g/mol. The van der Waals surface area contributed by atoms with Gasteiger partial charge in [0.15, 0.2) is 0 Å². The van der Waals surface area contributed by atoms with Gasteiger partial charge in [0.05, 0.1) is 0 Å². The summed E-state index contributed by atoms with van der Waals surface area (Å²) in [6.07, 6.45) is 5.69. The number of hydrogen-bond donors (Lipinski definition) is 1. The maximum Gasteiger partial charge on any atom is 0.222 e. The van der Waals surface area contributed by atoms with Crippen molar-refractivity contribution in [2.45, 2.75) is 38.5 Å². The highest BCUT2D eigenvalue weighted by atomic mass is 19.1. The lowest BCUT2D eigenvalue weighted by Gasteiger charge is -2.29. The van der Waals surface area contributed by atoms with Gasteiger partial charge in [0.1, 0.15) is 11.6 Å². The molecule has 1 aliphatic carbocycles. The average molecular weight is 281 g/mol. The molecule has 2 nitrogen and oxygen atoms in total. The molecule has 0 radical (unpaired) electrons. The summed E-state index contributed by atoms with van der Waals surface area (Å²) in [5.74, 6) is -0.502. The first kappa shape index (κ1) is 14.9. The summed E-state index contributed by atoms with van der Waals surface area (Å²) in [5, 5.41) is 2.69. The summed E-state index contributed by atoms with van der Waals surface area (Å²) in [5.41, 5.74) is 0.616. The van der Waals surface area contributed by atoms with Crippen LogP contribution >= 0.6 is 0 Å². The third kappa shape index (κ3) is 4.02. The van der Waals surface area contributed by atoms with Crippen LogP contribution in [0.1, 0.15) is 37.7 Å². The van der Waals surface area contributed by atoms with Crippen LogP contribution in [-0.4, -0.2) is 13.0 Å². The predicted molar refractivity (Wildman–Crippen MR) is 74.2 cm³/mol. The van der Waals surface area contributed by atoms with Gasteiger partial charge in [-0.25, -0.2) is 8.78 Å². The lowest BCUT2D eigenvalue weighted by atomic mass is 9.77. The molecule has 0 aliphatic heterocycles. The maximum atomic E-state index is 13.1. The molecule has 0 spiro atoms. The second kappa shape index (κ2) is 6.82. The summed E-state index contributed by atoms with van der Waals surface area (Å²) >= 11 is 0. The molecule has 1 N–H and O–H groups in total. The number of aryl methyl sites for hydroxylation is 1. The van der Waals surface area contributed by atoms with Crippen molar-refractivity contribution in [3.63, 3.8) is 0 Å². The molecular weight excluding hydrogens is 260 g/mol. The van der Waals surface area contributed by atoms with Gasteiger partial charge in [-0.2, -0.15) is 0 Å². The van der Waals surface area contributed by atoms with Gasteiger partial charge in [-0.15, -0.1) is 0 Å². The summed E-state index contributed by atoms with van der Waals surface area (Å²) in [4.78, 5) is 11.9. The highest BCUT2D eigenvalue weighted by molar-refractivity contribution is 5.78. The van der Waals surface area contributed by atoms with E-state index in [0.717, 1.165) is 12.5 Å². The minimum atomic E-state index is -0.560. The topological polar surface area (TPSA) is 29.1 Å². The molecule has 1 aliphatic rings. The van der Waals surface area contributed by atoms with Gasteiger partial charge < -0.3 is 5.32 Å². The molecule has 1 amide bonds. The van der Waals surface area contributed by atoms with Crippen LogP contribution in [0.25, 0.3) is 0 Å². The van der Waals surface area contributed by atoms with Crippen molar-refractivity contribution in [3.05, 3.63) is 35.4 Å². The van der Waals surface area contributed by atoms with E-state index in [0.29, 0.717) is 24.3 Å². The van der Waals surface area contributed by atoms with E-state index in [1.807, 2.05) is 0 Å². The van der Waals surface area contributed by atoms with Crippen LogP contribution in [0.5, 0.6) is 0 Å². The minimum absolute atomic E-state index is 0.0359. The molecule has 0 bridgehead atoms. The molecule has 2 rings (SSSR count). The Morgan fingerprint density at radius 3 is 2.45 bits per heavy atom. The summed E-state index contributed by atoms with van der Waals surface area (Å²) in [7, 11) is 1.64. The van der Waals surface area contributed by atoms with Gasteiger partial charge >= 0.3 is 0 Å². The zero-order valence-corrected chi connectivity index (χ0v) is 11.8. The Balaban J connectivity index is 1.94. The molecule has 20 heavy (non-hydrogen) atoms. The Hall–Kier alpha value is -1.45. The summed E-state index contributed by atoms with van der Waals surface area (Å²) in [6.45, 7) is 0. The van der Waals surface area contributed by atoms with Crippen LogP contribution in [0.15, 0.2) is 18.2 Å². The van der Waals surface area contributed by atoms with Crippen LogP contribution < -0.4 is 5.32 Å². The second-order valence-corrected chi connectivity index (χ2v) is 5.66. The fourth-order valence-electron chi connectivity index (χ4n) is 2.79. The Bertz CT molecular complexity index is 451. The van der Waals surface area contributed by atoms with Crippen LogP contribution in [0.2, 0.25) is 0 Å². The quantitative estimate of drug-likeness (QED) is 0.850. The Morgan fingerprint density at radius 1 is 1.30 bits per heavy atom. The van der Waals surface area contributed by atoms with Gasteiger partial charge in [-0.05, 0) is 42.9 Å². The molecule has 1 saturated carbocycles. The molecule has 1 aromatic rings. The number of amides is 1. The number of halogens is 2. The van der Waals surface area contributed by atoms with Gasteiger partial charge in [-0.3, -0.25) is 4.79 Å². The first-order valence-electron chi connectivity index (χ1n) is 7.25. The molecule has 1 unspecified atom stereocenters. The molecule has 1 fully saturated rings. The molecule has 0 aromatic heterocycles. The molecule has 4 heteroatoms. The Kier molecular flexibility index (Phi) is 5.10. The normalized spacial score (nSPS) is 16.6. The van der Waals surface area contributed by atoms with Crippen LogP contribution in [0.4, 0.5) is 8.78 Å². The zero-order valence-electron chi connectivity index (χ0n) is 11.8. The average Bonchev–Trinajstić information content (AvgIpc) is 2.34. The molecule has 1 aromatic carbocycles. The van der Waals surface area contributed by atoms with E-state index in [9.17, 15) is 13.6 Å².